The molecule has 0 amide bonds. The number of phosphoric acid groups is 1. The fraction of sp³-hybridized carbons (Fsp3) is 0.250. The van der Waals surface area contributed by atoms with Gasteiger partial charge in [-0.15, -0.1) is 5.10 Å². The normalized spacial score (nSPS) is 12.1. The van der Waals surface area contributed by atoms with Crippen molar-refractivity contribution in [2.24, 2.45) is 5.10 Å². The van der Waals surface area contributed by atoms with E-state index < -0.39 is 7.82 Å². The zero-order valence-electron chi connectivity index (χ0n) is 17.2. The SMILES string of the molecule is CCOP(=O)(OCC)Oc1ccccc1/C(C)=N\Nc1nnc(-c2ccc(Cl)cc2)o1. The maximum absolute atomic E-state index is 12.7. The predicted molar refractivity (Wildman–Crippen MR) is 119 cm³/mol. The number of hydrazone groups is 1. The van der Waals surface area contributed by atoms with Gasteiger partial charge in [-0.3, -0.25) is 9.05 Å². The van der Waals surface area contributed by atoms with Gasteiger partial charge >= 0.3 is 13.8 Å². The minimum atomic E-state index is -3.74. The molecule has 0 bridgehead atoms. The van der Waals surface area contributed by atoms with E-state index in [2.05, 4.69) is 20.7 Å². The molecule has 0 fully saturated rings. The molecule has 0 saturated carbocycles. The average Bonchev–Trinajstić information content (AvgIpc) is 3.22. The van der Waals surface area contributed by atoms with Crippen LogP contribution in [-0.2, 0) is 13.6 Å². The van der Waals surface area contributed by atoms with Crippen LogP contribution in [0, 0.1) is 0 Å². The van der Waals surface area contributed by atoms with E-state index in [0.717, 1.165) is 5.56 Å². The molecule has 1 heterocycles. The van der Waals surface area contributed by atoms with Crippen LogP contribution in [0.3, 0.4) is 0 Å². The number of aromatic nitrogens is 2. The molecular weight excluding hydrogens is 443 g/mol. The molecule has 0 aliphatic heterocycles. The van der Waals surface area contributed by atoms with E-state index in [1.807, 2.05) is 0 Å². The summed E-state index contributed by atoms with van der Waals surface area (Å²) in [5, 5.41) is 12.8. The Morgan fingerprint density at radius 2 is 1.77 bits per heavy atom. The predicted octanol–water partition coefficient (Wildman–Crippen LogP) is 5.79. The number of nitrogens with one attached hydrogen (secondary N) is 1. The van der Waals surface area contributed by atoms with E-state index in [1.165, 1.54) is 0 Å². The third-order valence-electron chi connectivity index (χ3n) is 3.90. The molecule has 0 saturated heterocycles. The Morgan fingerprint density at radius 1 is 1.10 bits per heavy atom. The molecule has 2 aromatic carbocycles. The van der Waals surface area contributed by atoms with Gasteiger partial charge in [-0.05, 0) is 57.2 Å². The Bertz CT molecular complexity index is 1080. The van der Waals surface area contributed by atoms with E-state index in [-0.39, 0.29) is 19.2 Å². The largest absolute Gasteiger partial charge is 0.530 e. The molecule has 3 rings (SSSR count). The highest BCUT2D eigenvalue weighted by Crippen LogP contribution is 2.50. The minimum Gasteiger partial charge on any atom is -0.403 e. The van der Waals surface area contributed by atoms with Crippen molar-refractivity contribution in [2.75, 3.05) is 18.6 Å². The highest BCUT2D eigenvalue weighted by atomic mass is 35.5. The number of phosphoric ester groups is 1. The van der Waals surface area contributed by atoms with Gasteiger partial charge in [0.2, 0.25) is 5.89 Å². The second-order valence-electron chi connectivity index (χ2n) is 6.10. The molecule has 164 valence electrons. The number of para-hydroxylation sites is 1. The van der Waals surface area contributed by atoms with Gasteiger partial charge in [0.25, 0.3) is 0 Å². The molecule has 31 heavy (non-hydrogen) atoms. The van der Waals surface area contributed by atoms with Crippen LogP contribution in [0.1, 0.15) is 26.3 Å². The smallest absolute Gasteiger partial charge is 0.403 e. The molecule has 0 spiro atoms. The summed E-state index contributed by atoms with van der Waals surface area (Å²) in [6, 6.07) is 14.1. The van der Waals surface area contributed by atoms with E-state index in [9.17, 15) is 4.57 Å². The first-order valence-corrected chi connectivity index (χ1v) is 11.4. The number of benzene rings is 2. The first-order valence-electron chi connectivity index (χ1n) is 9.52. The Morgan fingerprint density at radius 3 is 2.45 bits per heavy atom. The van der Waals surface area contributed by atoms with Gasteiger partial charge in [-0.1, -0.05) is 28.8 Å². The highest BCUT2D eigenvalue weighted by molar-refractivity contribution is 7.48. The third-order valence-corrected chi connectivity index (χ3v) is 5.72. The molecule has 9 nitrogen and oxygen atoms in total. The van der Waals surface area contributed by atoms with Crippen molar-refractivity contribution >= 4 is 31.1 Å². The molecular formula is C20H22ClN4O5P. The lowest BCUT2D eigenvalue weighted by molar-refractivity contribution is 0.167. The molecule has 0 radical (unpaired) electrons. The lowest BCUT2D eigenvalue weighted by Crippen LogP contribution is -2.06. The Labute approximate surface area is 185 Å². The lowest BCUT2D eigenvalue weighted by atomic mass is 10.1. The average molecular weight is 465 g/mol. The molecule has 11 heteroatoms. The van der Waals surface area contributed by atoms with Crippen molar-refractivity contribution < 1.29 is 22.6 Å². The van der Waals surface area contributed by atoms with Gasteiger partial charge in [0.05, 0.1) is 18.9 Å². The van der Waals surface area contributed by atoms with Gasteiger partial charge in [-0.2, -0.15) is 5.10 Å². The van der Waals surface area contributed by atoms with E-state index in [1.54, 1.807) is 69.3 Å². The lowest BCUT2D eigenvalue weighted by Gasteiger charge is -2.18. The summed E-state index contributed by atoms with van der Waals surface area (Å²) in [6.45, 7) is 5.53. The zero-order chi connectivity index (χ0) is 22.3. The van der Waals surface area contributed by atoms with Crippen LogP contribution in [0.2, 0.25) is 5.02 Å². The maximum atomic E-state index is 12.7. The molecule has 3 aromatic rings. The van der Waals surface area contributed by atoms with Crippen molar-refractivity contribution in [1.82, 2.24) is 10.2 Å². The van der Waals surface area contributed by atoms with Crippen molar-refractivity contribution in [3.8, 4) is 17.2 Å². The van der Waals surface area contributed by atoms with Gasteiger partial charge in [0.15, 0.2) is 0 Å². The third kappa shape index (κ3) is 6.15. The molecule has 0 aliphatic rings. The monoisotopic (exact) mass is 464 g/mol. The number of nitrogens with zero attached hydrogens (tertiary/aromatic N) is 3. The quantitative estimate of drug-likeness (QED) is 0.228. The standard InChI is InChI=1S/C20H22ClN4O5P/c1-4-27-31(26,28-5-2)30-18-9-7-6-8-17(18)14(3)22-24-20-25-23-19(29-20)15-10-12-16(21)13-11-15/h6-13H,4-5H2,1-3H3,(H,24,25)/b22-14-. The summed E-state index contributed by atoms with van der Waals surface area (Å²) in [5.41, 5.74) is 4.57. The fourth-order valence-corrected chi connectivity index (χ4v) is 3.88. The Kier molecular flexibility index (Phi) is 7.81. The van der Waals surface area contributed by atoms with Crippen molar-refractivity contribution in [1.29, 1.82) is 0 Å². The highest BCUT2D eigenvalue weighted by Gasteiger charge is 2.28. The number of hydrogen-bond acceptors (Lipinski definition) is 9. The van der Waals surface area contributed by atoms with Crippen LogP contribution in [-0.4, -0.2) is 29.1 Å². The van der Waals surface area contributed by atoms with Crippen LogP contribution < -0.4 is 9.95 Å². The first-order chi connectivity index (χ1) is 14.9. The molecule has 1 aromatic heterocycles. The topological polar surface area (TPSA) is 108 Å². The molecule has 0 atom stereocenters. The minimum absolute atomic E-state index is 0.108. The van der Waals surface area contributed by atoms with Gasteiger partial charge in [-0.25, -0.2) is 9.99 Å². The summed E-state index contributed by atoms with van der Waals surface area (Å²) < 4.78 is 34.3. The van der Waals surface area contributed by atoms with Crippen LogP contribution in [0.4, 0.5) is 6.01 Å². The summed E-state index contributed by atoms with van der Waals surface area (Å²) in [4.78, 5) is 0. The maximum Gasteiger partial charge on any atom is 0.530 e. The molecule has 1 N–H and O–H groups in total. The molecule has 0 unspecified atom stereocenters. The van der Waals surface area contributed by atoms with Gasteiger partial charge in [0.1, 0.15) is 5.75 Å². The second kappa shape index (κ2) is 10.5. The van der Waals surface area contributed by atoms with Gasteiger partial charge < -0.3 is 8.94 Å². The van der Waals surface area contributed by atoms with Crippen LogP contribution in [0.15, 0.2) is 58.0 Å². The summed E-state index contributed by atoms with van der Waals surface area (Å²) in [6.07, 6.45) is 0. The van der Waals surface area contributed by atoms with Crippen LogP contribution >= 0.6 is 19.4 Å². The van der Waals surface area contributed by atoms with Crippen LogP contribution in [0.25, 0.3) is 11.5 Å². The summed E-state index contributed by atoms with van der Waals surface area (Å²) >= 11 is 5.89. The van der Waals surface area contributed by atoms with E-state index in [4.69, 9.17) is 29.6 Å². The van der Waals surface area contributed by atoms with Crippen molar-refractivity contribution in [2.45, 2.75) is 20.8 Å². The molecule has 0 aliphatic carbocycles. The van der Waals surface area contributed by atoms with E-state index >= 15 is 0 Å². The van der Waals surface area contributed by atoms with Gasteiger partial charge in [0, 0.05) is 16.1 Å². The Hall–Kier alpha value is -2.71. The summed E-state index contributed by atoms with van der Waals surface area (Å²) in [7, 11) is -3.74. The van der Waals surface area contributed by atoms with Crippen molar-refractivity contribution in [3.63, 3.8) is 0 Å². The van der Waals surface area contributed by atoms with Crippen LogP contribution in [0.5, 0.6) is 5.75 Å². The Balaban J connectivity index is 1.77. The number of halogens is 1. The van der Waals surface area contributed by atoms with E-state index in [0.29, 0.717) is 27.9 Å². The summed E-state index contributed by atoms with van der Waals surface area (Å²) in [5.74, 6) is 0.633. The second-order valence-corrected chi connectivity index (χ2v) is 8.13. The zero-order valence-corrected chi connectivity index (χ0v) is 18.9. The number of anilines is 1. The fourth-order valence-electron chi connectivity index (χ4n) is 2.54. The van der Waals surface area contributed by atoms with Crippen molar-refractivity contribution in [3.05, 3.63) is 59.1 Å². The number of hydrogen-bond donors (Lipinski definition) is 1. The number of rotatable bonds is 10. The first kappa shape index (κ1) is 23.0.